The van der Waals surface area contributed by atoms with Crippen LogP contribution in [0.4, 0.5) is 13.2 Å². The van der Waals surface area contributed by atoms with Crippen LogP contribution in [-0.2, 0) is 24.0 Å². The number of carbonyl (C=O) groups excluding carboxylic acids is 1. The SMILES string of the molecule is Cn1c(C(=O)N[C@H]2CC[S@](=O)C2)cc2cc(C(F)(F)F)ccc21. The fourth-order valence-corrected chi connectivity index (χ4v) is 4.19. The largest absolute Gasteiger partial charge is 0.416 e. The highest BCUT2D eigenvalue weighted by atomic mass is 32.2. The summed E-state index contributed by atoms with van der Waals surface area (Å²) in [6, 6.07) is 4.71. The number of nitrogens with zero attached hydrogens (tertiary/aromatic N) is 1. The van der Waals surface area contributed by atoms with Gasteiger partial charge in [0.05, 0.1) is 5.56 Å². The zero-order chi connectivity index (χ0) is 16.8. The Hall–Kier alpha value is -1.83. The molecule has 1 N–H and O–H groups in total. The molecule has 0 bridgehead atoms. The van der Waals surface area contributed by atoms with Crippen molar-refractivity contribution in [1.82, 2.24) is 9.88 Å². The molecule has 8 heteroatoms. The zero-order valence-electron chi connectivity index (χ0n) is 12.3. The zero-order valence-corrected chi connectivity index (χ0v) is 13.1. The molecule has 23 heavy (non-hydrogen) atoms. The lowest BCUT2D eigenvalue weighted by Gasteiger charge is -2.11. The van der Waals surface area contributed by atoms with Crippen molar-refractivity contribution in [1.29, 1.82) is 0 Å². The summed E-state index contributed by atoms with van der Waals surface area (Å²) in [5.41, 5.74) is 0.101. The van der Waals surface area contributed by atoms with Gasteiger partial charge >= 0.3 is 6.18 Å². The van der Waals surface area contributed by atoms with Crippen molar-refractivity contribution < 1.29 is 22.2 Å². The number of alkyl halides is 3. The third kappa shape index (κ3) is 3.12. The van der Waals surface area contributed by atoms with Gasteiger partial charge in [-0.25, -0.2) is 0 Å². The minimum Gasteiger partial charge on any atom is -0.347 e. The molecule has 0 radical (unpaired) electrons. The van der Waals surface area contributed by atoms with Crippen molar-refractivity contribution in [3.05, 3.63) is 35.5 Å². The summed E-state index contributed by atoms with van der Waals surface area (Å²) in [5, 5.41) is 3.16. The Morgan fingerprint density at radius 1 is 1.35 bits per heavy atom. The fourth-order valence-electron chi connectivity index (χ4n) is 2.78. The lowest BCUT2D eigenvalue weighted by Crippen LogP contribution is -2.36. The number of benzene rings is 1. The quantitative estimate of drug-likeness (QED) is 0.910. The van der Waals surface area contributed by atoms with E-state index in [2.05, 4.69) is 5.32 Å². The molecule has 2 aromatic rings. The van der Waals surface area contributed by atoms with E-state index in [-0.39, 0.29) is 17.6 Å². The summed E-state index contributed by atoms with van der Waals surface area (Å²) in [7, 11) is 0.731. The average molecular weight is 344 g/mol. The Morgan fingerprint density at radius 2 is 2.09 bits per heavy atom. The number of carbonyl (C=O) groups is 1. The molecule has 2 atom stereocenters. The second-order valence-electron chi connectivity index (χ2n) is 5.63. The van der Waals surface area contributed by atoms with Gasteiger partial charge in [-0.1, -0.05) is 0 Å². The van der Waals surface area contributed by atoms with Crippen molar-refractivity contribution in [3.8, 4) is 0 Å². The molecule has 1 aliphatic heterocycles. The molecule has 1 fully saturated rings. The van der Waals surface area contributed by atoms with Crippen LogP contribution in [-0.4, -0.2) is 32.2 Å². The Labute approximate surface area is 133 Å². The molecule has 4 nitrogen and oxygen atoms in total. The number of fused-ring (bicyclic) bond motifs is 1. The normalized spacial score (nSPS) is 21.7. The van der Waals surface area contributed by atoms with Crippen LogP contribution >= 0.6 is 0 Å². The van der Waals surface area contributed by atoms with E-state index >= 15 is 0 Å². The highest BCUT2D eigenvalue weighted by Crippen LogP contribution is 2.32. The number of hydrogen-bond acceptors (Lipinski definition) is 2. The molecule has 1 aliphatic rings. The molecular weight excluding hydrogens is 329 g/mol. The van der Waals surface area contributed by atoms with Gasteiger partial charge in [-0.2, -0.15) is 13.2 Å². The van der Waals surface area contributed by atoms with Gasteiger partial charge in [-0.15, -0.1) is 0 Å². The number of hydrogen-bond donors (Lipinski definition) is 1. The molecule has 0 saturated carbocycles. The maximum absolute atomic E-state index is 12.8. The highest BCUT2D eigenvalue weighted by molar-refractivity contribution is 7.85. The first kappa shape index (κ1) is 16.0. The van der Waals surface area contributed by atoms with Crippen LogP contribution in [0.1, 0.15) is 22.5 Å². The van der Waals surface area contributed by atoms with E-state index in [0.717, 1.165) is 12.1 Å². The molecule has 1 aromatic heterocycles. The monoisotopic (exact) mass is 344 g/mol. The van der Waals surface area contributed by atoms with Crippen molar-refractivity contribution in [3.63, 3.8) is 0 Å². The molecule has 3 rings (SSSR count). The topological polar surface area (TPSA) is 51.1 Å². The number of aromatic nitrogens is 1. The maximum atomic E-state index is 12.8. The van der Waals surface area contributed by atoms with Crippen LogP contribution < -0.4 is 5.32 Å². The third-order valence-corrected chi connectivity index (χ3v) is 5.48. The van der Waals surface area contributed by atoms with E-state index in [9.17, 15) is 22.2 Å². The summed E-state index contributed by atoms with van der Waals surface area (Å²) < 4.78 is 51.2. The molecular formula is C15H15F3N2O2S. The second-order valence-corrected chi connectivity index (χ2v) is 7.25. The lowest BCUT2D eigenvalue weighted by atomic mass is 10.1. The Bertz CT molecular complexity index is 798. The number of rotatable bonds is 2. The minimum atomic E-state index is -4.42. The van der Waals surface area contributed by atoms with Crippen molar-refractivity contribution in [2.75, 3.05) is 11.5 Å². The van der Waals surface area contributed by atoms with Crippen LogP contribution in [0.5, 0.6) is 0 Å². The molecule has 1 saturated heterocycles. The van der Waals surface area contributed by atoms with Gasteiger partial charge in [-0.05, 0) is 30.7 Å². The van der Waals surface area contributed by atoms with E-state index in [1.165, 1.54) is 12.1 Å². The maximum Gasteiger partial charge on any atom is 0.416 e. The molecule has 124 valence electrons. The first-order chi connectivity index (χ1) is 10.8. The van der Waals surface area contributed by atoms with Crippen LogP contribution in [0.25, 0.3) is 10.9 Å². The summed E-state index contributed by atoms with van der Waals surface area (Å²) in [4.78, 5) is 12.3. The van der Waals surface area contributed by atoms with Gasteiger partial charge in [0.15, 0.2) is 0 Å². The molecule has 0 spiro atoms. The highest BCUT2D eigenvalue weighted by Gasteiger charge is 2.31. The fraction of sp³-hybridized carbons (Fsp3) is 0.400. The third-order valence-electron chi connectivity index (χ3n) is 4.02. The van der Waals surface area contributed by atoms with E-state index < -0.39 is 22.5 Å². The van der Waals surface area contributed by atoms with Gasteiger partial charge < -0.3 is 9.88 Å². The van der Waals surface area contributed by atoms with Gasteiger partial charge in [0, 0.05) is 46.3 Å². The predicted octanol–water partition coefficient (Wildman–Crippen LogP) is 2.45. The van der Waals surface area contributed by atoms with E-state index in [0.29, 0.717) is 28.8 Å². The smallest absolute Gasteiger partial charge is 0.347 e. The van der Waals surface area contributed by atoms with Crippen molar-refractivity contribution >= 4 is 27.6 Å². The second kappa shape index (κ2) is 5.67. The molecule has 0 aliphatic carbocycles. The van der Waals surface area contributed by atoms with Gasteiger partial charge in [0.25, 0.3) is 5.91 Å². The van der Waals surface area contributed by atoms with Gasteiger partial charge in [0.1, 0.15) is 5.69 Å². The van der Waals surface area contributed by atoms with Crippen LogP contribution in [0, 0.1) is 0 Å². The standard InChI is InChI=1S/C15H15F3N2O2S/c1-20-12-3-2-10(15(16,17)18)6-9(12)7-13(20)14(21)19-11-4-5-23(22)8-11/h2-3,6-7,11H,4-5,8H2,1H3,(H,19,21)/t11-,23-/m0/s1. The number of halogens is 3. The van der Waals surface area contributed by atoms with Gasteiger partial charge in [0.2, 0.25) is 0 Å². The van der Waals surface area contributed by atoms with Gasteiger partial charge in [-0.3, -0.25) is 9.00 Å². The Morgan fingerprint density at radius 3 is 2.70 bits per heavy atom. The van der Waals surface area contributed by atoms with Crippen molar-refractivity contribution in [2.24, 2.45) is 7.05 Å². The first-order valence-corrected chi connectivity index (χ1v) is 8.57. The first-order valence-electron chi connectivity index (χ1n) is 7.08. The molecule has 0 unspecified atom stereocenters. The lowest BCUT2D eigenvalue weighted by molar-refractivity contribution is -0.137. The Kier molecular flexibility index (Phi) is 3.95. The molecule has 2 heterocycles. The van der Waals surface area contributed by atoms with E-state index in [1.54, 1.807) is 11.6 Å². The summed E-state index contributed by atoms with van der Waals surface area (Å²) in [6.45, 7) is 0. The number of amides is 1. The van der Waals surface area contributed by atoms with Crippen molar-refractivity contribution in [2.45, 2.75) is 18.6 Å². The van der Waals surface area contributed by atoms with Crippen LogP contribution in [0.2, 0.25) is 0 Å². The summed E-state index contributed by atoms with van der Waals surface area (Å²) in [5.74, 6) is 0.629. The van der Waals surface area contributed by atoms with E-state index in [4.69, 9.17) is 0 Å². The molecule has 1 aromatic carbocycles. The summed E-state index contributed by atoms with van der Waals surface area (Å²) in [6.07, 6.45) is -3.76. The Balaban J connectivity index is 1.90. The molecule has 1 amide bonds. The predicted molar refractivity (Wildman–Crippen MR) is 81.7 cm³/mol. The number of nitrogens with one attached hydrogen (secondary N) is 1. The van der Waals surface area contributed by atoms with E-state index in [1.807, 2.05) is 0 Å². The minimum absolute atomic E-state index is 0.146. The van der Waals surface area contributed by atoms with Crippen LogP contribution in [0.15, 0.2) is 24.3 Å². The average Bonchev–Trinajstić information content (AvgIpc) is 3.01. The van der Waals surface area contributed by atoms with Crippen LogP contribution in [0.3, 0.4) is 0 Å². The number of aryl methyl sites for hydroxylation is 1. The summed E-state index contributed by atoms with van der Waals surface area (Å²) >= 11 is 0.